The van der Waals surface area contributed by atoms with Gasteiger partial charge in [0.05, 0.1) is 17.7 Å². The number of carbonyl (C=O) groups excluding carboxylic acids is 2. The number of aryl methyl sites for hydroxylation is 1. The van der Waals surface area contributed by atoms with Gasteiger partial charge in [0.1, 0.15) is 18.3 Å². The second kappa shape index (κ2) is 15.9. The molecule has 0 saturated heterocycles. The first-order valence-corrected chi connectivity index (χ1v) is 17.4. The van der Waals surface area contributed by atoms with Crippen LogP contribution in [0.2, 0.25) is 0 Å². The number of carbonyl (C=O) groups is 2. The van der Waals surface area contributed by atoms with Gasteiger partial charge in [0.2, 0.25) is 11.8 Å². The molecule has 0 aromatic heterocycles. The molecule has 46 heavy (non-hydrogen) atoms. The summed E-state index contributed by atoms with van der Waals surface area (Å²) in [5.74, 6) is -0.553. The molecule has 0 unspecified atom stereocenters. The molecule has 0 spiro atoms. The van der Waals surface area contributed by atoms with E-state index in [-0.39, 0.29) is 35.5 Å². The van der Waals surface area contributed by atoms with Gasteiger partial charge in [-0.05, 0) is 73.4 Å². The number of hydrogen-bond acceptors (Lipinski definition) is 5. The highest BCUT2D eigenvalue weighted by molar-refractivity contribution is 9.10. The summed E-state index contributed by atoms with van der Waals surface area (Å²) >= 11 is 3.51. The number of hydrogen-bond donors (Lipinski definition) is 1. The molecule has 0 aliphatic carbocycles. The molecule has 0 radical (unpaired) electrons. The maximum atomic E-state index is 14.7. The number of ether oxygens (including phenoxy) is 1. The molecule has 0 heterocycles. The zero-order chi connectivity index (χ0) is 33.3. The standard InChI is InChI=1S/C36H40BrN3O5S/c1-5-27(3)38-36(42)33(23-28-13-8-6-9-14-28)39(24-29-15-12-16-30(37)22-29)35(41)25-40(32-21-26(2)19-20-34(32)45-4)46(43,44)31-17-10-7-11-18-31/h6-22,27,33H,5,23-25H2,1-4H3,(H,38,42)/t27-,33-/m0/s1. The lowest BCUT2D eigenvalue weighted by molar-refractivity contribution is -0.140. The van der Waals surface area contributed by atoms with Gasteiger partial charge in [0.25, 0.3) is 10.0 Å². The average molecular weight is 707 g/mol. The van der Waals surface area contributed by atoms with E-state index in [1.54, 1.807) is 30.3 Å². The average Bonchev–Trinajstić information content (AvgIpc) is 3.05. The van der Waals surface area contributed by atoms with Crippen molar-refractivity contribution in [1.29, 1.82) is 0 Å². The molecule has 0 saturated carbocycles. The Hall–Kier alpha value is -4.15. The Kier molecular flexibility index (Phi) is 12.0. The Morgan fingerprint density at radius 1 is 0.891 bits per heavy atom. The maximum absolute atomic E-state index is 14.7. The number of sulfonamides is 1. The molecule has 0 fully saturated rings. The largest absolute Gasteiger partial charge is 0.495 e. The van der Waals surface area contributed by atoms with Gasteiger partial charge in [-0.1, -0.05) is 89.6 Å². The van der Waals surface area contributed by atoms with Crippen LogP contribution < -0.4 is 14.4 Å². The van der Waals surface area contributed by atoms with E-state index in [1.165, 1.54) is 24.1 Å². The lowest BCUT2D eigenvalue weighted by Gasteiger charge is -2.34. The number of nitrogens with one attached hydrogen (secondary N) is 1. The van der Waals surface area contributed by atoms with Gasteiger partial charge >= 0.3 is 0 Å². The number of amides is 2. The lowest BCUT2D eigenvalue weighted by atomic mass is 10.0. The summed E-state index contributed by atoms with van der Waals surface area (Å²) in [6.07, 6.45) is 0.946. The van der Waals surface area contributed by atoms with Crippen LogP contribution in [0.25, 0.3) is 0 Å². The summed E-state index contributed by atoms with van der Waals surface area (Å²) < 4.78 is 36.0. The topological polar surface area (TPSA) is 96.0 Å². The summed E-state index contributed by atoms with van der Waals surface area (Å²) in [5.41, 5.74) is 2.67. The predicted molar refractivity (Wildman–Crippen MR) is 185 cm³/mol. The van der Waals surface area contributed by atoms with Crippen LogP contribution in [-0.4, -0.2) is 50.9 Å². The third-order valence-corrected chi connectivity index (χ3v) is 9.99. The van der Waals surface area contributed by atoms with Gasteiger partial charge in [-0.3, -0.25) is 13.9 Å². The van der Waals surface area contributed by atoms with E-state index in [4.69, 9.17) is 4.74 Å². The summed E-state index contributed by atoms with van der Waals surface area (Å²) in [6.45, 7) is 5.24. The molecule has 2 amide bonds. The fourth-order valence-corrected chi connectivity index (χ4v) is 6.94. The van der Waals surface area contributed by atoms with E-state index in [1.807, 2.05) is 81.4 Å². The monoisotopic (exact) mass is 705 g/mol. The van der Waals surface area contributed by atoms with Crippen molar-refractivity contribution in [2.75, 3.05) is 18.0 Å². The molecule has 0 aliphatic heterocycles. The van der Waals surface area contributed by atoms with E-state index < -0.39 is 28.5 Å². The van der Waals surface area contributed by atoms with Crippen LogP contribution in [0.1, 0.15) is 37.0 Å². The minimum Gasteiger partial charge on any atom is -0.495 e. The maximum Gasteiger partial charge on any atom is 0.264 e. The van der Waals surface area contributed by atoms with Crippen LogP contribution >= 0.6 is 15.9 Å². The fourth-order valence-electron chi connectivity index (χ4n) is 5.06. The van der Waals surface area contributed by atoms with Gasteiger partial charge in [0, 0.05) is 23.5 Å². The van der Waals surface area contributed by atoms with E-state index in [9.17, 15) is 18.0 Å². The van der Waals surface area contributed by atoms with Crippen LogP contribution in [0.5, 0.6) is 5.75 Å². The Morgan fingerprint density at radius 2 is 1.54 bits per heavy atom. The van der Waals surface area contributed by atoms with Gasteiger partial charge < -0.3 is 15.0 Å². The first kappa shape index (κ1) is 34.7. The Balaban J connectivity index is 1.85. The zero-order valence-electron chi connectivity index (χ0n) is 26.5. The van der Waals surface area contributed by atoms with Crippen molar-refractivity contribution in [3.05, 3.63) is 124 Å². The predicted octanol–water partition coefficient (Wildman–Crippen LogP) is 6.52. The summed E-state index contributed by atoms with van der Waals surface area (Å²) in [7, 11) is -2.79. The van der Waals surface area contributed by atoms with Crippen molar-refractivity contribution >= 4 is 43.5 Å². The zero-order valence-corrected chi connectivity index (χ0v) is 28.9. The molecular formula is C36H40BrN3O5S. The number of nitrogens with zero attached hydrogens (tertiary/aromatic N) is 2. The van der Waals surface area contributed by atoms with Crippen molar-refractivity contribution in [3.63, 3.8) is 0 Å². The highest BCUT2D eigenvalue weighted by Gasteiger charge is 2.36. The third kappa shape index (κ3) is 8.76. The number of rotatable bonds is 14. The second-order valence-corrected chi connectivity index (χ2v) is 14.0. The fraction of sp³-hybridized carbons (Fsp3) is 0.278. The first-order valence-electron chi connectivity index (χ1n) is 15.1. The van der Waals surface area contributed by atoms with E-state index in [0.29, 0.717) is 12.2 Å². The van der Waals surface area contributed by atoms with Crippen LogP contribution in [0.3, 0.4) is 0 Å². The highest BCUT2D eigenvalue weighted by Crippen LogP contribution is 2.34. The van der Waals surface area contributed by atoms with E-state index >= 15 is 0 Å². The SMILES string of the molecule is CC[C@H](C)NC(=O)[C@H](Cc1ccccc1)N(Cc1cccc(Br)c1)C(=O)CN(c1cc(C)ccc1OC)S(=O)(=O)c1ccccc1. The minimum atomic E-state index is -4.24. The van der Waals surface area contributed by atoms with Gasteiger partial charge in [-0.2, -0.15) is 0 Å². The molecule has 10 heteroatoms. The Morgan fingerprint density at radius 3 is 2.17 bits per heavy atom. The van der Waals surface area contributed by atoms with Crippen molar-refractivity contribution in [1.82, 2.24) is 10.2 Å². The van der Waals surface area contributed by atoms with Crippen molar-refractivity contribution in [3.8, 4) is 5.75 Å². The molecule has 0 bridgehead atoms. The second-order valence-electron chi connectivity index (χ2n) is 11.2. The summed E-state index contributed by atoms with van der Waals surface area (Å²) in [4.78, 5) is 30.1. The summed E-state index contributed by atoms with van der Waals surface area (Å²) in [5, 5.41) is 3.06. The van der Waals surface area contributed by atoms with Crippen LogP contribution in [0.15, 0.2) is 112 Å². The normalized spacial score (nSPS) is 12.5. The lowest BCUT2D eigenvalue weighted by Crippen LogP contribution is -2.54. The number of methoxy groups -OCH3 is 1. The van der Waals surface area contributed by atoms with E-state index in [2.05, 4.69) is 21.2 Å². The van der Waals surface area contributed by atoms with Gasteiger partial charge in [0.15, 0.2) is 0 Å². The van der Waals surface area contributed by atoms with Gasteiger partial charge in [-0.15, -0.1) is 0 Å². The molecule has 2 atom stereocenters. The van der Waals surface area contributed by atoms with Gasteiger partial charge in [-0.25, -0.2) is 8.42 Å². The molecule has 0 aliphatic rings. The Labute approximate surface area is 280 Å². The highest BCUT2D eigenvalue weighted by atomic mass is 79.9. The van der Waals surface area contributed by atoms with Crippen molar-refractivity contribution < 1.29 is 22.7 Å². The molecule has 8 nitrogen and oxygen atoms in total. The minimum absolute atomic E-state index is 0.0280. The van der Waals surface area contributed by atoms with E-state index in [0.717, 1.165) is 25.5 Å². The third-order valence-electron chi connectivity index (χ3n) is 7.73. The molecule has 1 N–H and O–H groups in total. The van der Waals surface area contributed by atoms with Crippen LogP contribution in [0, 0.1) is 6.92 Å². The first-order chi connectivity index (χ1) is 22.0. The van der Waals surface area contributed by atoms with Crippen molar-refractivity contribution in [2.45, 2.75) is 57.1 Å². The molecule has 4 aromatic rings. The van der Waals surface area contributed by atoms with Crippen LogP contribution in [0.4, 0.5) is 5.69 Å². The molecule has 4 aromatic carbocycles. The number of halogens is 1. The molecular weight excluding hydrogens is 666 g/mol. The number of benzene rings is 4. The van der Waals surface area contributed by atoms with Crippen molar-refractivity contribution in [2.24, 2.45) is 0 Å². The smallest absolute Gasteiger partial charge is 0.264 e. The van der Waals surface area contributed by atoms with Crippen LogP contribution in [-0.2, 0) is 32.6 Å². The quantitative estimate of drug-likeness (QED) is 0.161. The summed E-state index contributed by atoms with van der Waals surface area (Å²) in [6, 6.07) is 29.1. The number of anilines is 1. The molecule has 242 valence electrons. The Bertz CT molecular complexity index is 1740. The molecule has 4 rings (SSSR count).